The number of hydrogen-bond acceptors (Lipinski definition) is 5. The minimum atomic E-state index is -0.483. The van der Waals surface area contributed by atoms with Crippen molar-refractivity contribution < 1.29 is 9.53 Å². The number of hydrogen-bond donors (Lipinski definition) is 3. The number of fused-ring (bicyclic) bond motifs is 2. The average molecular weight is 598 g/mol. The van der Waals surface area contributed by atoms with Crippen LogP contribution >= 0.6 is 31.9 Å². The molecule has 5 N–H and O–H groups in total. The van der Waals surface area contributed by atoms with Crippen molar-refractivity contribution in [2.75, 3.05) is 26.2 Å². The second-order valence-corrected chi connectivity index (χ2v) is 11.4. The summed E-state index contributed by atoms with van der Waals surface area (Å²) in [4.78, 5) is 13.9. The standard InChI is InChI=1S/C15H21BrN2O2.C10H13BrN2.CH4/c1-15(2,3)20-14(19)18-7-6-10-8-11(16)4-5-12(10)13(17)9-18;11-8-1-2-9-7(5-8)3-4-13-6-10(9)12;/h4-5,8,13H,6-7,9,17H2,1-3H3;1-2,5,10,13H,3-4,6,12H2;1H4. The third-order valence-corrected chi connectivity index (χ3v) is 6.65. The number of carbonyl (C=O) groups is 1. The van der Waals surface area contributed by atoms with E-state index >= 15 is 0 Å². The lowest BCUT2D eigenvalue weighted by atomic mass is 10.0. The van der Waals surface area contributed by atoms with Crippen LogP contribution in [-0.2, 0) is 17.6 Å². The molecule has 188 valence electrons. The molecule has 0 aromatic heterocycles. The molecule has 2 heterocycles. The highest BCUT2D eigenvalue weighted by Crippen LogP contribution is 2.26. The Hall–Kier alpha value is -1.45. The van der Waals surface area contributed by atoms with Gasteiger partial charge in [0.05, 0.1) is 0 Å². The zero-order valence-electron chi connectivity index (χ0n) is 19.5. The fraction of sp³-hybridized carbons (Fsp3) is 0.500. The summed E-state index contributed by atoms with van der Waals surface area (Å²) in [6.07, 6.45) is 1.57. The molecular formula is C26H38Br2N4O2. The average Bonchev–Trinajstić information content (AvgIpc) is 3.00. The lowest BCUT2D eigenvalue weighted by Gasteiger charge is -2.27. The fourth-order valence-corrected chi connectivity index (χ4v) is 4.89. The molecular weight excluding hydrogens is 560 g/mol. The van der Waals surface area contributed by atoms with E-state index in [-0.39, 0.29) is 25.6 Å². The van der Waals surface area contributed by atoms with E-state index < -0.39 is 5.60 Å². The van der Waals surface area contributed by atoms with Crippen LogP contribution in [0.4, 0.5) is 4.79 Å². The zero-order chi connectivity index (χ0) is 24.2. The van der Waals surface area contributed by atoms with E-state index in [0.29, 0.717) is 13.1 Å². The molecule has 6 nitrogen and oxygen atoms in total. The normalized spacial score (nSPS) is 19.8. The molecule has 4 rings (SSSR count). The van der Waals surface area contributed by atoms with Gasteiger partial charge < -0.3 is 26.4 Å². The molecule has 0 fully saturated rings. The van der Waals surface area contributed by atoms with Gasteiger partial charge in [-0.15, -0.1) is 0 Å². The van der Waals surface area contributed by atoms with Crippen LogP contribution < -0.4 is 16.8 Å². The maximum Gasteiger partial charge on any atom is 0.410 e. The van der Waals surface area contributed by atoms with Crippen LogP contribution in [-0.4, -0.2) is 42.8 Å². The first-order valence-electron chi connectivity index (χ1n) is 11.3. The van der Waals surface area contributed by atoms with Gasteiger partial charge in [0.15, 0.2) is 0 Å². The van der Waals surface area contributed by atoms with E-state index in [1.165, 1.54) is 16.7 Å². The Balaban J connectivity index is 0.000000253. The smallest absolute Gasteiger partial charge is 0.410 e. The molecule has 2 atom stereocenters. The van der Waals surface area contributed by atoms with Gasteiger partial charge in [-0.3, -0.25) is 0 Å². The number of amides is 1. The number of nitrogens with one attached hydrogen (secondary N) is 1. The highest BCUT2D eigenvalue weighted by atomic mass is 79.9. The summed E-state index contributed by atoms with van der Waals surface area (Å²) in [5, 5.41) is 3.32. The van der Waals surface area contributed by atoms with Crippen LogP contribution in [0, 0.1) is 0 Å². The molecule has 0 aliphatic carbocycles. The molecule has 8 heteroatoms. The molecule has 0 spiro atoms. The van der Waals surface area contributed by atoms with Gasteiger partial charge in [0.2, 0.25) is 0 Å². The van der Waals surface area contributed by atoms with Crippen molar-refractivity contribution in [3.63, 3.8) is 0 Å². The Morgan fingerprint density at radius 2 is 1.56 bits per heavy atom. The summed E-state index contributed by atoms with van der Waals surface area (Å²) < 4.78 is 7.60. The first-order chi connectivity index (χ1) is 15.5. The van der Waals surface area contributed by atoms with E-state index in [2.05, 4.69) is 61.4 Å². The minimum absolute atomic E-state index is 0. The zero-order valence-corrected chi connectivity index (χ0v) is 22.7. The van der Waals surface area contributed by atoms with Crippen LogP contribution in [0.25, 0.3) is 0 Å². The van der Waals surface area contributed by atoms with Gasteiger partial charge >= 0.3 is 6.09 Å². The number of nitrogens with two attached hydrogens (primary N) is 2. The molecule has 34 heavy (non-hydrogen) atoms. The van der Waals surface area contributed by atoms with Gasteiger partial charge in [0.1, 0.15) is 5.60 Å². The third-order valence-electron chi connectivity index (χ3n) is 5.66. The van der Waals surface area contributed by atoms with E-state index in [0.717, 1.165) is 40.4 Å². The third kappa shape index (κ3) is 8.05. The van der Waals surface area contributed by atoms with Crippen LogP contribution in [0.3, 0.4) is 0 Å². The topological polar surface area (TPSA) is 93.6 Å². The number of benzene rings is 2. The second kappa shape index (κ2) is 12.5. The SMILES string of the molecule is C.CC(C)(C)OC(=O)N1CCc2cc(Br)ccc2C(N)C1.NC1CNCCc2cc(Br)ccc21. The summed E-state index contributed by atoms with van der Waals surface area (Å²) in [5.41, 5.74) is 16.7. The Labute approximate surface area is 221 Å². The van der Waals surface area contributed by atoms with Crippen molar-refractivity contribution in [2.45, 2.75) is 58.7 Å². The van der Waals surface area contributed by atoms with Crippen LogP contribution in [0.15, 0.2) is 45.3 Å². The quantitative estimate of drug-likeness (QED) is 0.374. The highest BCUT2D eigenvalue weighted by Gasteiger charge is 2.27. The molecule has 2 aromatic carbocycles. The summed E-state index contributed by atoms with van der Waals surface area (Å²) in [7, 11) is 0. The Bertz CT molecular complexity index is 978. The number of carbonyl (C=O) groups excluding carboxylic acids is 1. The first-order valence-corrected chi connectivity index (χ1v) is 12.9. The van der Waals surface area contributed by atoms with Gasteiger partial charge in [-0.1, -0.05) is 51.4 Å². The highest BCUT2D eigenvalue weighted by molar-refractivity contribution is 9.10. The summed E-state index contributed by atoms with van der Waals surface area (Å²) >= 11 is 6.95. The van der Waals surface area contributed by atoms with Gasteiger partial charge in [-0.25, -0.2) is 4.79 Å². The molecule has 0 radical (unpaired) electrons. The van der Waals surface area contributed by atoms with Crippen molar-refractivity contribution in [3.8, 4) is 0 Å². The van der Waals surface area contributed by atoms with Crippen molar-refractivity contribution in [1.29, 1.82) is 0 Å². The lowest BCUT2D eigenvalue weighted by molar-refractivity contribution is 0.0246. The lowest BCUT2D eigenvalue weighted by Crippen LogP contribution is -2.40. The van der Waals surface area contributed by atoms with E-state index in [1.54, 1.807) is 4.90 Å². The van der Waals surface area contributed by atoms with Gasteiger partial charge in [-0.2, -0.15) is 0 Å². The summed E-state index contributed by atoms with van der Waals surface area (Å²) in [6.45, 7) is 8.64. The predicted octanol–water partition coefficient (Wildman–Crippen LogP) is 5.47. The van der Waals surface area contributed by atoms with Crippen molar-refractivity contribution in [2.24, 2.45) is 11.5 Å². The molecule has 0 bridgehead atoms. The van der Waals surface area contributed by atoms with E-state index in [9.17, 15) is 4.79 Å². The Morgan fingerprint density at radius 1 is 1.00 bits per heavy atom. The molecule has 1 amide bonds. The molecule has 2 aliphatic rings. The molecule has 0 saturated carbocycles. The molecule has 2 aliphatic heterocycles. The molecule has 2 unspecified atom stereocenters. The molecule has 0 saturated heterocycles. The van der Waals surface area contributed by atoms with Gasteiger partial charge in [-0.05, 0) is 86.7 Å². The van der Waals surface area contributed by atoms with Crippen molar-refractivity contribution in [1.82, 2.24) is 10.2 Å². The van der Waals surface area contributed by atoms with Crippen LogP contribution in [0.2, 0.25) is 0 Å². The van der Waals surface area contributed by atoms with E-state index in [1.807, 2.05) is 32.9 Å². The largest absolute Gasteiger partial charge is 0.444 e. The maximum atomic E-state index is 12.2. The summed E-state index contributed by atoms with van der Waals surface area (Å²) in [6, 6.07) is 12.4. The van der Waals surface area contributed by atoms with Crippen molar-refractivity contribution in [3.05, 3.63) is 67.6 Å². The van der Waals surface area contributed by atoms with Crippen LogP contribution in [0.1, 0.15) is 62.5 Å². The minimum Gasteiger partial charge on any atom is -0.444 e. The molecule has 2 aromatic rings. The monoisotopic (exact) mass is 596 g/mol. The Morgan fingerprint density at radius 3 is 2.15 bits per heavy atom. The van der Waals surface area contributed by atoms with Gasteiger partial charge in [0, 0.05) is 40.7 Å². The number of rotatable bonds is 0. The predicted molar refractivity (Wildman–Crippen MR) is 147 cm³/mol. The van der Waals surface area contributed by atoms with Gasteiger partial charge in [0.25, 0.3) is 0 Å². The number of ether oxygens (including phenoxy) is 1. The Kier molecular flexibility index (Phi) is 10.6. The van der Waals surface area contributed by atoms with Crippen LogP contribution in [0.5, 0.6) is 0 Å². The number of halogens is 2. The maximum absolute atomic E-state index is 12.2. The van der Waals surface area contributed by atoms with E-state index in [4.69, 9.17) is 16.2 Å². The summed E-state index contributed by atoms with van der Waals surface area (Å²) in [5.74, 6) is 0. The second-order valence-electron chi connectivity index (χ2n) is 9.53. The fourth-order valence-electron chi connectivity index (χ4n) is 4.07. The first kappa shape index (κ1) is 28.8. The number of nitrogens with zero attached hydrogens (tertiary/aromatic N) is 1. The van der Waals surface area contributed by atoms with Crippen molar-refractivity contribution >= 4 is 38.0 Å².